The summed E-state index contributed by atoms with van der Waals surface area (Å²) in [5.41, 5.74) is 0. The van der Waals surface area contributed by atoms with Gasteiger partial charge < -0.3 is 5.32 Å². The van der Waals surface area contributed by atoms with Crippen molar-refractivity contribution in [3.05, 3.63) is 0 Å². The summed E-state index contributed by atoms with van der Waals surface area (Å²) in [5.74, 6) is 0.840. The van der Waals surface area contributed by atoms with Crippen LogP contribution in [-0.2, 0) is 0 Å². The van der Waals surface area contributed by atoms with Gasteiger partial charge in [0.2, 0.25) is 0 Å². The molecule has 0 aromatic rings. The van der Waals surface area contributed by atoms with E-state index in [1.54, 1.807) is 0 Å². The van der Waals surface area contributed by atoms with E-state index in [0.717, 1.165) is 12.5 Å². The first-order valence-corrected chi connectivity index (χ1v) is 5.79. The van der Waals surface area contributed by atoms with Crippen LogP contribution in [0.4, 0.5) is 0 Å². The molecule has 0 spiro atoms. The molecule has 14 heavy (non-hydrogen) atoms. The SMILES string of the molecule is CC(C)CCCCCCNC(C)C#N. The van der Waals surface area contributed by atoms with Crippen molar-refractivity contribution in [3.63, 3.8) is 0 Å². The van der Waals surface area contributed by atoms with E-state index in [-0.39, 0.29) is 6.04 Å². The van der Waals surface area contributed by atoms with Gasteiger partial charge in [-0.1, -0.05) is 39.5 Å². The minimum absolute atomic E-state index is 0.00524. The van der Waals surface area contributed by atoms with Crippen LogP contribution in [-0.4, -0.2) is 12.6 Å². The summed E-state index contributed by atoms with van der Waals surface area (Å²) < 4.78 is 0. The molecule has 0 radical (unpaired) electrons. The average molecular weight is 196 g/mol. The van der Waals surface area contributed by atoms with Gasteiger partial charge in [-0.3, -0.25) is 0 Å². The summed E-state index contributed by atoms with van der Waals surface area (Å²) in [6, 6.07) is 2.18. The molecule has 0 saturated heterocycles. The lowest BCUT2D eigenvalue weighted by Crippen LogP contribution is -2.25. The molecule has 1 N–H and O–H groups in total. The van der Waals surface area contributed by atoms with Gasteiger partial charge in [-0.2, -0.15) is 5.26 Å². The maximum atomic E-state index is 8.52. The van der Waals surface area contributed by atoms with E-state index >= 15 is 0 Å². The predicted molar refractivity (Wildman–Crippen MR) is 61.0 cm³/mol. The predicted octanol–water partition coefficient (Wildman–Crippen LogP) is 3.09. The Balaban J connectivity index is 3.04. The number of nitriles is 1. The lowest BCUT2D eigenvalue weighted by molar-refractivity contribution is 0.509. The van der Waals surface area contributed by atoms with Crippen molar-refractivity contribution in [2.24, 2.45) is 5.92 Å². The zero-order valence-electron chi connectivity index (χ0n) is 9.84. The molecular formula is C12H24N2. The molecule has 0 fully saturated rings. The van der Waals surface area contributed by atoms with Gasteiger partial charge in [0, 0.05) is 0 Å². The van der Waals surface area contributed by atoms with E-state index in [4.69, 9.17) is 5.26 Å². The highest BCUT2D eigenvalue weighted by molar-refractivity contribution is 4.84. The molecule has 0 aliphatic carbocycles. The van der Waals surface area contributed by atoms with E-state index < -0.39 is 0 Å². The van der Waals surface area contributed by atoms with Gasteiger partial charge in [-0.15, -0.1) is 0 Å². The van der Waals surface area contributed by atoms with Gasteiger partial charge >= 0.3 is 0 Å². The van der Waals surface area contributed by atoms with E-state index in [2.05, 4.69) is 25.2 Å². The molecule has 2 heteroatoms. The summed E-state index contributed by atoms with van der Waals surface area (Å²) in [5, 5.41) is 11.7. The lowest BCUT2D eigenvalue weighted by atomic mass is 10.0. The van der Waals surface area contributed by atoms with E-state index in [1.807, 2.05) is 6.92 Å². The van der Waals surface area contributed by atoms with Crippen molar-refractivity contribution >= 4 is 0 Å². The minimum atomic E-state index is 0.00524. The van der Waals surface area contributed by atoms with Crippen molar-refractivity contribution in [1.29, 1.82) is 5.26 Å². The Labute approximate surface area is 88.7 Å². The Kier molecular flexibility index (Phi) is 8.67. The maximum Gasteiger partial charge on any atom is 0.0924 e. The van der Waals surface area contributed by atoms with Gasteiger partial charge in [-0.25, -0.2) is 0 Å². The Bertz CT molecular complexity index is 158. The Hall–Kier alpha value is -0.550. The summed E-state index contributed by atoms with van der Waals surface area (Å²) in [6.07, 6.45) is 6.52. The maximum absolute atomic E-state index is 8.52. The fourth-order valence-corrected chi connectivity index (χ4v) is 1.40. The van der Waals surface area contributed by atoms with Crippen LogP contribution in [0.1, 0.15) is 52.9 Å². The number of unbranched alkanes of at least 4 members (excludes halogenated alkanes) is 3. The van der Waals surface area contributed by atoms with Crippen LogP contribution >= 0.6 is 0 Å². The van der Waals surface area contributed by atoms with Gasteiger partial charge in [0.05, 0.1) is 12.1 Å². The second kappa shape index (κ2) is 9.02. The summed E-state index contributed by atoms with van der Waals surface area (Å²) in [6.45, 7) is 7.43. The van der Waals surface area contributed by atoms with Gasteiger partial charge in [0.25, 0.3) is 0 Å². The smallest absolute Gasteiger partial charge is 0.0924 e. The number of nitrogens with one attached hydrogen (secondary N) is 1. The zero-order chi connectivity index (χ0) is 10.8. The fraction of sp³-hybridized carbons (Fsp3) is 0.917. The van der Waals surface area contributed by atoms with E-state index in [9.17, 15) is 0 Å². The second-order valence-electron chi connectivity index (χ2n) is 4.40. The molecule has 0 aliphatic heterocycles. The third-order valence-electron chi connectivity index (χ3n) is 2.35. The highest BCUT2D eigenvalue weighted by Crippen LogP contribution is 2.08. The molecule has 0 aromatic carbocycles. The first-order chi connectivity index (χ1) is 6.66. The normalized spacial score (nSPS) is 12.8. The first-order valence-electron chi connectivity index (χ1n) is 5.79. The molecule has 0 amide bonds. The number of hydrogen-bond donors (Lipinski definition) is 1. The Morgan fingerprint density at radius 3 is 2.29 bits per heavy atom. The third-order valence-corrected chi connectivity index (χ3v) is 2.35. The topological polar surface area (TPSA) is 35.8 Å². The molecule has 0 heterocycles. The van der Waals surface area contributed by atoms with Gasteiger partial charge in [0.1, 0.15) is 0 Å². The molecule has 82 valence electrons. The van der Waals surface area contributed by atoms with Gasteiger partial charge in [0.15, 0.2) is 0 Å². The largest absolute Gasteiger partial charge is 0.302 e. The molecule has 0 bridgehead atoms. The monoisotopic (exact) mass is 196 g/mol. The minimum Gasteiger partial charge on any atom is -0.302 e. The van der Waals surface area contributed by atoms with E-state index in [1.165, 1.54) is 32.1 Å². The second-order valence-corrected chi connectivity index (χ2v) is 4.40. The van der Waals surface area contributed by atoms with E-state index in [0.29, 0.717) is 0 Å². The molecule has 0 rings (SSSR count). The van der Waals surface area contributed by atoms with Crippen molar-refractivity contribution in [3.8, 4) is 6.07 Å². The molecule has 0 aliphatic rings. The van der Waals surface area contributed by atoms with Crippen LogP contribution in [0, 0.1) is 17.2 Å². The molecule has 1 unspecified atom stereocenters. The zero-order valence-corrected chi connectivity index (χ0v) is 9.84. The summed E-state index contributed by atoms with van der Waals surface area (Å²) >= 11 is 0. The van der Waals surface area contributed by atoms with Crippen LogP contribution in [0.15, 0.2) is 0 Å². The quantitative estimate of drug-likeness (QED) is 0.605. The molecule has 1 atom stereocenters. The molecule has 0 aromatic heterocycles. The summed E-state index contributed by atoms with van der Waals surface area (Å²) in [4.78, 5) is 0. The highest BCUT2D eigenvalue weighted by Gasteiger charge is 1.97. The number of rotatable bonds is 8. The van der Waals surface area contributed by atoms with Crippen molar-refractivity contribution in [2.75, 3.05) is 6.54 Å². The van der Waals surface area contributed by atoms with Crippen LogP contribution in [0.5, 0.6) is 0 Å². The molecular weight excluding hydrogens is 172 g/mol. The number of hydrogen-bond acceptors (Lipinski definition) is 2. The van der Waals surface area contributed by atoms with Crippen LogP contribution in [0.3, 0.4) is 0 Å². The van der Waals surface area contributed by atoms with Gasteiger partial charge in [-0.05, 0) is 25.8 Å². The fourth-order valence-electron chi connectivity index (χ4n) is 1.40. The van der Waals surface area contributed by atoms with Crippen molar-refractivity contribution < 1.29 is 0 Å². The highest BCUT2D eigenvalue weighted by atomic mass is 14.9. The van der Waals surface area contributed by atoms with Crippen molar-refractivity contribution in [2.45, 2.75) is 58.9 Å². The first kappa shape index (κ1) is 13.4. The Morgan fingerprint density at radius 2 is 1.71 bits per heavy atom. The van der Waals surface area contributed by atoms with Crippen LogP contribution in [0.2, 0.25) is 0 Å². The standard InChI is InChI=1S/C12H24N2/c1-11(2)8-6-4-5-7-9-14-12(3)10-13/h11-12,14H,4-9H2,1-3H3. The van der Waals surface area contributed by atoms with Crippen LogP contribution in [0.25, 0.3) is 0 Å². The third kappa shape index (κ3) is 9.54. The molecule has 2 nitrogen and oxygen atoms in total. The molecule has 0 saturated carbocycles. The average Bonchev–Trinajstić information content (AvgIpc) is 2.15. The van der Waals surface area contributed by atoms with Crippen LogP contribution < -0.4 is 5.32 Å². The summed E-state index contributed by atoms with van der Waals surface area (Å²) in [7, 11) is 0. The lowest BCUT2D eigenvalue weighted by Gasteiger charge is -2.06. The Morgan fingerprint density at radius 1 is 1.07 bits per heavy atom. The van der Waals surface area contributed by atoms with Crippen molar-refractivity contribution in [1.82, 2.24) is 5.32 Å². The number of nitrogens with zero attached hydrogens (tertiary/aromatic N) is 1.